The smallest absolute Gasteiger partial charge is 0.187 e. The van der Waals surface area contributed by atoms with Crippen molar-refractivity contribution < 1.29 is 13.9 Å². The van der Waals surface area contributed by atoms with Crippen LogP contribution in [-0.4, -0.2) is 35.7 Å². The normalized spacial score (nSPS) is 17.8. The van der Waals surface area contributed by atoms with Crippen molar-refractivity contribution >= 4 is 0 Å². The number of nitrogens with zero attached hydrogens (tertiary/aromatic N) is 1. The van der Waals surface area contributed by atoms with Crippen molar-refractivity contribution in [3.05, 3.63) is 29.3 Å². The highest BCUT2D eigenvalue weighted by molar-refractivity contribution is 5.29. The van der Waals surface area contributed by atoms with Gasteiger partial charge in [-0.3, -0.25) is 0 Å². The van der Waals surface area contributed by atoms with Crippen molar-refractivity contribution in [2.45, 2.75) is 32.4 Å². The monoisotopic (exact) mass is 270 g/mol. The lowest BCUT2D eigenvalue weighted by Gasteiger charge is -2.21. The van der Waals surface area contributed by atoms with E-state index in [2.05, 4.69) is 17.1 Å². The molecule has 1 fully saturated rings. The van der Waals surface area contributed by atoms with E-state index in [-0.39, 0.29) is 6.04 Å². The third kappa shape index (κ3) is 3.88. The first-order valence-electron chi connectivity index (χ1n) is 6.69. The molecule has 5 heteroatoms. The van der Waals surface area contributed by atoms with Gasteiger partial charge in [0.15, 0.2) is 17.4 Å². The Morgan fingerprint density at radius 2 is 1.84 bits per heavy atom. The molecule has 1 atom stereocenters. The molecule has 0 radical (unpaired) electrons. The minimum atomic E-state index is -0.913. The fourth-order valence-electron chi connectivity index (χ4n) is 2.43. The van der Waals surface area contributed by atoms with Crippen molar-refractivity contribution in [2.75, 3.05) is 19.6 Å². The molecule has 0 amide bonds. The third-order valence-corrected chi connectivity index (χ3v) is 3.46. The summed E-state index contributed by atoms with van der Waals surface area (Å²) >= 11 is 0. The zero-order valence-corrected chi connectivity index (χ0v) is 11.1. The Kier molecular flexibility index (Phi) is 4.71. The van der Waals surface area contributed by atoms with E-state index in [0.717, 1.165) is 31.8 Å². The lowest BCUT2D eigenvalue weighted by Crippen LogP contribution is -2.37. The van der Waals surface area contributed by atoms with Gasteiger partial charge in [0.25, 0.3) is 0 Å². The van der Waals surface area contributed by atoms with Gasteiger partial charge >= 0.3 is 0 Å². The summed E-state index contributed by atoms with van der Waals surface area (Å²) in [6.07, 6.45) is 2.50. The number of phenolic OH excluding ortho intramolecular Hbond substituents is 1. The van der Waals surface area contributed by atoms with Crippen LogP contribution in [0.15, 0.2) is 12.1 Å². The Labute approximate surface area is 112 Å². The van der Waals surface area contributed by atoms with Crippen LogP contribution in [0.25, 0.3) is 0 Å². The summed E-state index contributed by atoms with van der Waals surface area (Å²) in [5.74, 6) is -2.73. The number of nitrogens with one attached hydrogen (secondary N) is 1. The summed E-state index contributed by atoms with van der Waals surface area (Å²) in [4.78, 5) is 2.38. The maximum Gasteiger partial charge on any atom is 0.187 e. The highest BCUT2D eigenvalue weighted by Crippen LogP contribution is 2.21. The van der Waals surface area contributed by atoms with Crippen LogP contribution in [0.5, 0.6) is 5.75 Å². The first-order valence-corrected chi connectivity index (χ1v) is 6.69. The van der Waals surface area contributed by atoms with Gasteiger partial charge in [-0.15, -0.1) is 0 Å². The van der Waals surface area contributed by atoms with Gasteiger partial charge in [-0.25, -0.2) is 8.78 Å². The van der Waals surface area contributed by atoms with Gasteiger partial charge in [-0.2, -0.15) is 0 Å². The molecule has 3 nitrogen and oxygen atoms in total. The molecule has 1 saturated heterocycles. The second-order valence-electron chi connectivity index (χ2n) is 5.20. The number of aromatic hydroxyl groups is 1. The highest BCUT2D eigenvalue weighted by atomic mass is 19.1. The Morgan fingerprint density at radius 3 is 2.42 bits per heavy atom. The zero-order valence-electron chi connectivity index (χ0n) is 11.1. The molecule has 0 aliphatic carbocycles. The van der Waals surface area contributed by atoms with Crippen LogP contribution in [0, 0.1) is 11.6 Å². The quantitative estimate of drug-likeness (QED) is 0.861. The fraction of sp³-hybridized carbons (Fsp3) is 0.571. The molecule has 106 valence electrons. The summed E-state index contributed by atoms with van der Waals surface area (Å²) in [5.41, 5.74) is 0.501. The number of rotatable bonds is 5. The Morgan fingerprint density at radius 1 is 1.26 bits per heavy atom. The molecule has 1 aliphatic rings. The molecule has 1 heterocycles. The number of halogens is 2. The molecule has 0 spiro atoms. The van der Waals surface area contributed by atoms with Crippen LogP contribution in [0.1, 0.15) is 25.3 Å². The topological polar surface area (TPSA) is 35.5 Å². The molecule has 2 N–H and O–H groups in total. The van der Waals surface area contributed by atoms with E-state index in [4.69, 9.17) is 5.11 Å². The average Bonchev–Trinajstić information content (AvgIpc) is 2.86. The van der Waals surface area contributed by atoms with Gasteiger partial charge in [0.1, 0.15) is 0 Å². The van der Waals surface area contributed by atoms with Crippen molar-refractivity contribution in [1.29, 1.82) is 0 Å². The Hall–Kier alpha value is -1.20. The molecule has 1 aromatic rings. The van der Waals surface area contributed by atoms with Crippen molar-refractivity contribution in [3.8, 4) is 5.75 Å². The van der Waals surface area contributed by atoms with Gasteiger partial charge in [0.2, 0.25) is 0 Å². The van der Waals surface area contributed by atoms with Crippen molar-refractivity contribution in [1.82, 2.24) is 10.2 Å². The molecule has 2 rings (SSSR count). The van der Waals surface area contributed by atoms with Crippen LogP contribution >= 0.6 is 0 Å². The maximum absolute atomic E-state index is 13.2. The largest absolute Gasteiger partial charge is 0.503 e. The van der Waals surface area contributed by atoms with Crippen LogP contribution in [0.2, 0.25) is 0 Å². The minimum Gasteiger partial charge on any atom is -0.503 e. The average molecular weight is 270 g/mol. The van der Waals surface area contributed by atoms with Crippen molar-refractivity contribution in [2.24, 2.45) is 0 Å². The molecule has 1 unspecified atom stereocenters. The number of hydrogen-bond donors (Lipinski definition) is 2. The van der Waals surface area contributed by atoms with Gasteiger partial charge in [-0.05, 0) is 50.6 Å². The van der Waals surface area contributed by atoms with E-state index < -0.39 is 17.4 Å². The van der Waals surface area contributed by atoms with Crippen LogP contribution in [0.4, 0.5) is 8.78 Å². The van der Waals surface area contributed by atoms with Crippen LogP contribution in [-0.2, 0) is 6.54 Å². The first-order chi connectivity index (χ1) is 9.06. The zero-order chi connectivity index (χ0) is 13.8. The predicted octanol–water partition coefficient (Wildman–Crippen LogP) is 2.24. The lowest BCUT2D eigenvalue weighted by molar-refractivity contribution is 0.298. The van der Waals surface area contributed by atoms with Crippen LogP contribution < -0.4 is 5.32 Å². The Balaban J connectivity index is 1.84. The SMILES string of the molecule is CC(CN1CCCC1)NCc1cc(F)c(O)c(F)c1. The number of hydrogen-bond acceptors (Lipinski definition) is 3. The third-order valence-electron chi connectivity index (χ3n) is 3.46. The molecule has 0 saturated carbocycles. The van der Waals surface area contributed by atoms with E-state index in [1.165, 1.54) is 12.8 Å². The number of phenols is 1. The van der Waals surface area contributed by atoms with E-state index in [9.17, 15) is 8.78 Å². The second kappa shape index (κ2) is 6.30. The molecule has 0 bridgehead atoms. The summed E-state index contributed by atoms with van der Waals surface area (Å²) in [6.45, 7) is 5.67. The molecule has 1 aromatic carbocycles. The predicted molar refractivity (Wildman–Crippen MR) is 70.0 cm³/mol. The standard InChI is InChI=1S/C14H20F2N2O/c1-10(9-18-4-2-3-5-18)17-8-11-6-12(15)14(19)13(16)7-11/h6-7,10,17,19H,2-5,8-9H2,1H3. The van der Waals surface area contributed by atoms with Gasteiger partial charge in [-0.1, -0.05) is 0 Å². The molecular weight excluding hydrogens is 250 g/mol. The van der Waals surface area contributed by atoms with Gasteiger partial charge in [0, 0.05) is 19.1 Å². The maximum atomic E-state index is 13.2. The summed E-state index contributed by atoms with van der Waals surface area (Å²) in [6, 6.07) is 2.58. The molecule has 1 aliphatic heterocycles. The number of likely N-dealkylation sites (tertiary alicyclic amines) is 1. The molecule has 19 heavy (non-hydrogen) atoms. The molecule has 0 aromatic heterocycles. The number of benzene rings is 1. The van der Waals surface area contributed by atoms with Crippen LogP contribution in [0.3, 0.4) is 0 Å². The van der Waals surface area contributed by atoms with Gasteiger partial charge < -0.3 is 15.3 Å². The summed E-state index contributed by atoms with van der Waals surface area (Å²) in [5, 5.41) is 12.3. The lowest BCUT2D eigenvalue weighted by atomic mass is 10.2. The molecular formula is C14H20F2N2O. The van der Waals surface area contributed by atoms with E-state index in [1.807, 2.05) is 0 Å². The van der Waals surface area contributed by atoms with E-state index in [1.54, 1.807) is 0 Å². The minimum absolute atomic E-state index is 0.262. The fourth-order valence-corrected chi connectivity index (χ4v) is 2.43. The summed E-state index contributed by atoms with van der Waals surface area (Å²) < 4.78 is 26.3. The van der Waals surface area contributed by atoms with E-state index in [0.29, 0.717) is 12.1 Å². The highest BCUT2D eigenvalue weighted by Gasteiger charge is 2.15. The Bertz CT molecular complexity index is 410. The van der Waals surface area contributed by atoms with Crippen molar-refractivity contribution in [3.63, 3.8) is 0 Å². The van der Waals surface area contributed by atoms with E-state index >= 15 is 0 Å². The first kappa shape index (κ1) is 14.2. The second-order valence-corrected chi connectivity index (χ2v) is 5.20. The summed E-state index contributed by atoms with van der Waals surface area (Å²) in [7, 11) is 0. The van der Waals surface area contributed by atoms with Gasteiger partial charge in [0.05, 0.1) is 0 Å².